The molecule has 110 valence electrons. The average Bonchev–Trinajstić information content (AvgIpc) is 2.50. The van der Waals surface area contributed by atoms with Crippen LogP contribution in [0.15, 0.2) is 42.5 Å². The summed E-state index contributed by atoms with van der Waals surface area (Å²) in [7, 11) is 1.34. The number of carbonyl (C=O) groups excluding carboxylic acids is 1. The molecule has 21 heavy (non-hydrogen) atoms. The molecule has 0 heterocycles. The number of benzene rings is 2. The number of amides is 1. The molecule has 0 aliphatic rings. The molecular formula is C17H20N2O2. The lowest BCUT2D eigenvalue weighted by molar-refractivity contribution is 0.187. The number of hydrogen-bond acceptors (Lipinski definition) is 3. The molecule has 4 heteroatoms. The Morgan fingerprint density at radius 1 is 1.00 bits per heavy atom. The lowest BCUT2D eigenvalue weighted by Crippen LogP contribution is -2.10. The molecule has 0 fully saturated rings. The van der Waals surface area contributed by atoms with Crippen LogP contribution in [0.25, 0.3) is 0 Å². The van der Waals surface area contributed by atoms with Gasteiger partial charge in [0.05, 0.1) is 7.11 Å². The molecule has 0 saturated heterocycles. The van der Waals surface area contributed by atoms with Gasteiger partial charge in [0.25, 0.3) is 0 Å². The molecule has 2 aromatic rings. The van der Waals surface area contributed by atoms with E-state index < -0.39 is 6.09 Å². The quantitative estimate of drug-likeness (QED) is 0.889. The Kier molecular flexibility index (Phi) is 4.82. The highest BCUT2D eigenvalue weighted by atomic mass is 16.5. The van der Waals surface area contributed by atoms with Crippen LogP contribution in [0, 0.1) is 13.8 Å². The van der Waals surface area contributed by atoms with Crippen molar-refractivity contribution in [3.05, 3.63) is 59.2 Å². The van der Waals surface area contributed by atoms with Crippen LogP contribution >= 0.6 is 0 Å². The van der Waals surface area contributed by atoms with E-state index in [-0.39, 0.29) is 0 Å². The normalized spacial score (nSPS) is 10.0. The van der Waals surface area contributed by atoms with Crippen LogP contribution in [-0.4, -0.2) is 13.2 Å². The van der Waals surface area contributed by atoms with Gasteiger partial charge in [-0.25, -0.2) is 4.79 Å². The smallest absolute Gasteiger partial charge is 0.411 e. The van der Waals surface area contributed by atoms with Gasteiger partial charge in [-0.1, -0.05) is 18.2 Å². The van der Waals surface area contributed by atoms with E-state index in [4.69, 9.17) is 0 Å². The van der Waals surface area contributed by atoms with Gasteiger partial charge in [-0.15, -0.1) is 0 Å². The molecule has 2 rings (SSSR count). The van der Waals surface area contributed by atoms with E-state index in [0.717, 1.165) is 12.2 Å². The second-order valence-electron chi connectivity index (χ2n) is 4.97. The summed E-state index contributed by atoms with van der Waals surface area (Å²) in [6.07, 6.45) is -0.467. The van der Waals surface area contributed by atoms with Crippen molar-refractivity contribution in [2.24, 2.45) is 0 Å². The van der Waals surface area contributed by atoms with Crippen LogP contribution in [-0.2, 0) is 11.3 Å². The van der Waals surface area contributed by atoms with Crippen LogP contribution in [0.5, 0.6) is 0 Å². The summed E-state index contributed by atoms with van der Waals surface area (Å²) in [5, 5.41) is 5.98. The summed E-state index contributed by atoms with van der Waals surface area (Å²) < 4.78 is 4.54. The lowest BCUT2D eigenvalue weighted by Gasteiger charge is -2.09. The van der Waals surface area contributed by atoms with Crippen molar-refractivity contribution in [2.75, 3.05) is 17.7 Å². The summed E-state index contributed by atoms with van der Waals surface area (Å²) in [5.41, 5.74) is 5.56. The molecule has 0 spiro atoms. The molecular weight excluding hydrogens is 264 g/mol. The van der Waals surface area contributed by atoms with Gasteiger partial charge in [-0.05, 0) is 54.8 Å². The standard InChI is InChI=1S/C17H20N2O2/c1-12-4-5-14(10-13(12)2)11-18-15-6-8-16(9-7-15)19-17(20)21-3/h4-10,18H,11H2,1-3H3,(H,19,20). The number of rotatable bonds is 4. The van der Waals surface area contributed by atoms with Gasteiger partial charge in [-0.3, -0.25) is 5.32 Å². The van der Waals surface area contributed by atoms with Gasteiger partial charge < -0.3 is 10.1 Å². The maximum absolute atomic E-state index is 11.1. The van der Waals surface area contributed by atoms with Crippen molar-refractivity contribution in [3.63, 3.8) is 0 Å². The van der Waals surface area contributed by atoms with Gasteiger partial charge in [0, 0.05) is 17.9 Å². The summed E-state index contributed by atoms with van der Waals surface area (Å²) in [6.45, 7) is 5.00. The Hall–Kier alpha value is -2.49. The van der Waals surface area contributed by atoms with E-state index in [2.05, 4.69) is 47.4 Å². The highest BCUT2D eigenvalue weighted by Gasteiger charge is 2.01. The number of ether oxygens (including phenoxy) is 1. The minimum absolute atomic E-state index is 0.467. The van der Waals surface area contributed by atoms with Crippen molar-refractivity contribution in [1.29, 1.82) is 0 Å². The Bertz CT molecular complexity index is 621. The van der Waals surface area contributed by atoms with E-state index in [0.29, 0.717) is 5.69 Å². The number of hydrogen-bond donors (Lipinski definition) is 2. The molecule has 4 nitrogen and oxygen atoms in total. The third-order valence-electron chi connectivity index (χ3n) is 3.38. The third kappa shape index (κ3) is 4.24. The molecule has 0 atom stereocenters. The molecule has 0 radical (unpaired) electrons. The largest absolute Gasteiger partial charge is 0.453 e. The molecule has 2 N–H and O–H groups in total. The van der Waals surface area contributed by atoms with Gasteiger partial charge in [0.1, 0.15) is 0 Å². The summed E-state index contributed by atoms with van der Waals surface area (Å²) in [6, 6.07) is 14.0. The first-order valence-corrected chi connectivity index (χ1v) is 6.83. The first-order chi connectivity index (χ1) is 10.1. The van der Waals surface area contributed by atoms with Gasteiger partial charge >= 0.3 is 6.09 Å². The minimum Gasteiger partial charge on any atom is -0.453 e. The van der Waals surface area contributed by atoms with Crippen molar-refractivity contribution in [2.45, 2.75) is 20.4 Å². The molecule has 0 aromatic heterocycles. The maximum Gasteiger partial charge on any atom is 0.411 e. The van der Waals surface area contributed by atoms with E-state index in [1.165, 1.54) is 23.8 Å². The summed E-state index contributed by atoms with van der Waals surface area (Å²) in [5.74, 6) is 0. The van der Waals surface area contributed by atoms with Crippen molar-refractivity contribution in [1.82, 2.24) is 0 Å². The minimum atomic E-state index is -0.467. The maximum atomic E-state index is 11.1. The van der Waals surface area contributed by atoms with Crippen LogP contribution < -0.4 is 10.6 Å². The highest BCUT2D eigenvalue weighted by molar-refractivity contribution is 5.84. The molecule has 0 bridgehead atoms. The first-order valence-electron chi connectivity index (χ1n) is 6.83. The van der Waals surface area contributed by atoms with Crippen LogP contribution in [0.2, 0.25) is 0 Å². The van der Waals surface area contributed by atoms with Gasteiger partial charge in [0.15, 0.2) is 0 Å². The second-order valence-corrected chi connectivity index (χ2v) is 4.97. The number of anilines is 2. The Labute approximate surface area is 125 Å². The third-order valence-corrected chi connectivity index (χ3v) is 3.38. The highest BCUT2D eigenvalue weighted by Crippen LogP contribution is 2.16. The van der Waals surface area contributed by atoms with Crippen LogP contribution in [0.1, 0.15) is 16.7 Å². The lowest BCUT2D eigenvalue weighted by atomic mass is 10.1. The Morgan fingerprint density at radius 2 is 1.67 bits per heavy atom. The zero-order valence-electron chi connectivity index (χ0n) is 12.6. The number of nitrogens with one attached hydrogen (secondary N) is 2. The van der Waals surface area contributed by atoms with E-state index in [1.54, 1.807) is 0 Å². The fraction of sp³-hybridized carbons (Fsp3) is 0.235. The Balaban J connectivity index is 1.94. The molecule has 0 aliphatic carbocycles. The van der Waals surface area contributed by atoms with Crippen LogP contribution in [0.3, 0.4) is 0 Å². The molecule has 1 amide bonds. The number of aryl methyl sites for hydroxylation is 2. The van der Waals surface area contributed by atoms with Crippen LogP contribution in [0.4, 0.5) is 16.2 Å². The second kappa shape index (κ2) is 6.79. The Morgan fingerprint density at radius 3 is 2.29 bits per heavy atom. The van der Waals surface area contributed by atoms with E-state index in [1.807, 2.05) is 24.3 Å². The van der Waals surface area contributed by atoms with Gasteiger partial charge in [0.2, 0.25) is 0 Å². The first kappa shape index (κ1) is 14.9. The van der Waals surface area contributed by atoms with E-state index >= 15 is 0 Å². The summed E-state index contributed by atoms with van der Waals surface area (Å²) >= 11 is 0. The van der Waals surface area contributed by atoms with Crippen molar-refractivity contribution in [3.8, 4) is 0 Å². The number of carbonyl (C=O) groups is 1. The molecule has 0 saturated carbocycles. The average molecular weight is 284 g/mol. The number of methoxy groups -OCH3 is 1. The van der Waals surface area contributed by atoms with E-state index in [9.17, 15) is 4.79 Å². The zero-order chi connectivity index (χ0) is 15.2. The molecule has 2 aromatic carbocycles. The predicted molar refractivity (Wildman–Crippen MR) is 85.7 cm³/mol. The summed E-state index contributed by atoms with van der Waals surface area (Å²) in [4.78, 5) is 11.1. The van der Waals surface area contributed by atoms with Gasteiger partial charge in [-0.2, -0.15) is 0 Å². The predicted octanol–water partition coefficient (Wildman–Crippen LogP) is 4.09. The molecule has 0 aliphatic heterocycles. The molecule has 0 unspecified atom stereocenters. The zero-order valence-corrected chi connectivity index (χ0v) is 12.6. The fourth-order valence-corrected chi connectivity index (χ4v) is 1.96. The topological polar surface area (TPSA) is 50.4 Å². The van der Waals surface area contributed by atoms with Crippen molar-refractivity contribution >= 4 is 17.5 Å². The SMILES string of the molecule is COC(=O)Nc1ccc(NCc2ccc(C)c(C)c2)cc1. The van der Waals surface area contributed by atoms with Crippen molar-refractivity contribution < 1.29 is 9.53 Å². The fourth-order valence-electron chi connectivity index (χ4n) is 1.96. The monoisotopic (exact) mass is 284 g/mol.